The molecule has 1 aromatic heterocycles. The average Bonchev–Trinajstić information content (AvgIpc) is 2.46. The zero-order valence-corrected chi connectivity index (χ0v) is 14.0. The van der Waals surface area contributed by atoms with Crippen molar-refractivity contribution in [3.05, 3.63) is 5.15 Å². The van der Waals surface area contributed by atoms with Gasteiger partial charge in [0.2, 0.25) is 5.95 Å². The predicted molar refractivity (Wildman–Crippen MR) is 82.9 cm³/mol. The van der Waals surface area contributed by atoms with Gasteiger partial charge >= 0.3 is 6.18 Å². The molecule has 1 atom stereocenters. The lowest BCUT2D eigenvalue weighted by atomic mass is 10.3. The van der Waals surface area contributed by atoms with Gasteiger partial charge in [-0.2, -0.15) is 18.2 Å². The number of alkyl halides is 3. The lowest BCUT2D eigenvalue weighted by Crippen LogP contribution is -2.38. The van der Waals surface area contributed by atoms with Crippen LogP contribution in [0.15, 0.2) is 0 Å². The Balaban J connectivity index is 2.31. The molecule has 138 valence electrons. The maximum Gasteiger partial charge on any atom is 0.411 e. The van der Waals surface area contributed by atoms with Crippen LogP contribution in [0.5, 0.6) is 0 Å². The first kappa shape index (κ1) is 20.6. The number of likely N-dealkylation sites (N-methyl/N-ethyl adjacent to an activating group) is 2. The van der Waals surface area contributed by atoms with Crippen molar-refractivity contribution in [1.29, 1.82) is 0 Å². The lowest BCUT2D eigenvalue weighted by Gasteiger charge is -2.24. The molecule has 1 aromatic rings. The average molecular weight is 373 g/mol. The van der Waals surface area contributed by atoms with Gasteiger partial charge in [0.25, 0.3) is 0 Å². The van der Waals surface area contributed by atoms with Gasteiger partial charge in [0.15, 0.2) is 11.0 Å². The molecule has 24 heavy (non-hydrogen) atoms. The number of hydrogen-bond acceptors (Lipinski definition) is 8. The molecular weight excluding hydrogens is 353 g/mol. The van der Waals surface area contributed by atoms with Gasteiger partial charge in [-0.15, -0.1) is 10.2 Å². The lowest BCUT2D eigenvalue weighted by molar-refractivity contribution is -0.179. The van der Waals surface area contributed by atoms with E-state index in [1.807, 2.05) is 0 Å². The van der Waals surface area contributed by atoms with E-state index in [9.17, 15) is 18.3 Å². The van der Waals surface area contributed by atoms with Crippen LogP contribution in [-0.4, -0.2) is 84.4 Å². The highest BCUT2D eigenvalue weighted by atomic mass is 35.5. The molecule has 1 heterocycles. The molecule has 0 bridgehead atoms. The minimum Gasteiger partial charge on any atom is -0.389 e. The number of anilines is 2. The highest BCUT2D eigenvalue weighted by molar-refractivity contribution is 6.31. The largest absolute Gasteiger partial charge is 0.411 e. The van der Waals surface area contributed by atoms with Crippen molar-refractivity contribution in [2.45, 2.75) is 12.3 Å². The highest BCUT2D eigenvalue weighted by Crippen LogP contribution is 2.15. The third-order valence-electron chi connectivity index (χ3n) is 2.92. The number of nitrogen functional groups attached to an aromatic ring is 1. The van der Waals surface area contributed by atoms with Crippen molar-refractivity contribution >= 4 is 23.4 Å². The number of ether oxygens (including phenoxy) is 1. The van der Waals surface area contributed by atoms with Gasteiger partial charge in [-0.1, -0.05) is 11.6 Å². The van der Waals surface area contributed by atoms with Gasteiger partial charge in [0.05, 0.1) is 12.7 Å². The van der Waals surface area contributed by atoms with Crippen LogP contribution in [0, 0.1) is 0 Å². The predicted octanol–water partition coefficient (Wildman–Crippen LogP) is 0.415. The molecule has 0 radical (unpaired) electrons. The fourth-order valence-corrected chi connectivity index (χ4v) is 1.79. The van der Waals surface area contributed by atoms with Gasteiger partial charge in [0, 0.05) is 26.7 Å². The van der Waals surface area contributed by atoms with Crippen LogP contribution in [0.4, 0.5) is 24.9 Å². The first-order valence-corrected chi connectivity index (χ1v) is 7.34. The Kier molecular flexibility index (Phi) is 7.87. The molecule has 0 saturated carbocycles. The van der Waals surface area contributed by atoms with E-state index in [1.54, 1.807) is 23.9 Å². The van der Waals surface area contributed by atoms with Gasteiger partial charge < -0.3 is 25.4 Å². The number of aliphatic hydroxyl groups excluding tert-OH is 1. The molecule has 8 nitrogen and oxygen atoms in total. The summed E-state index contributed by atoms with van der Waals surface area (Å²) in [6.45, 7) is -0.624. The maximum atomic E-state index is 11.9. The molecule has 3 N–H and O–H groups in total. The molecule has 0 unspecified atom stereocenters. The number of nitrogens with zero attached hydrogens (tertiary/aromatic N) is 5. The van der Waals surface area contributed by atoms with Crippen LogP contribution >= 0.6 is 11.6 Å². The Morgan fingerprint density at radius 2 is 1.96 bits per heavy atom. The standard InChI is InChI=1S/C12H20ClF3N6O2/c1-21(5-8(23)6-24-7-12(14,15)16)3-4-22(2)11-18-10(17)9(13)19-20-11/h8,23H,3-7H2,1-2H3,(H2,17,18,20)/t8-/m1/s1. The first-order valence-electron chi connectivity index (χ1n) is 6.96. The second kappa shape index (κ2) is 9.16. The molecule has 0 saturated heterocycles. The molecule has 12 heteroatoms. The minimum atomic E-state index is -4.40. The molecule has 0 aliphatic heterocycles. The van der Waals surface area contributed by atoms with E-state index in [4.69, 9.17) is 17.3 Å². The summed E-state index contributed by atoms with van der Waals surface area (Å²) in [5.74, 6) is 0.360. The summed E-state index contributed by atoms with van der Waals surface area (Å²) in [7, 11) is 3.44. The van der Waals surface area contributed by atoms with Gasteiger partial charge in [0.1, 0.15) is 6.61 Å². The fourth-order valence-electron chi connectivity index (χ4n) is 1.71. The van der Waals surface area contributed by atoms with Crippen molar-refractivity contribution in [3.8, 4) is 0 Å². The third kappa shape index (κ3) is 7.90. The minimum absolute atomic E-state index is 0.0197. The number of hydrogen-bond donors (Lipinski definition) is 2. The van der Waals surface area contributed by atoms with Crippen LogP contribution < -0.4 is 10.6 Å². The number of aromatic nitrogens is 3. The van der Waals surface area contributed by atoms with E-state index in [1.165, 1.54) is 0 Å². The Labute approximate surface area is 142 Å². The van der Waals surface area contributed by atoms with Gasteiger partial charge in [-0.3, -0.25) is 0 Å². The Hall–Kier alpha value is -1.43. The molecule has 0 aromatic carbocycles. The van der Waals surface area contributed by atoms with E-state index < -0.39 is 18.9 Å². The summed E-state index contributed by atoms with van der Waals surface area (Å²) < 4.78 is 40.2. The number of rotatable bonds is 9. The van der Waals surface area contributed by atoms with Crippen LogP contribution in [0.25, 0.3) is 0 Å². The van der Waals surface area contributed by atoms with E-state index in [0.717, 1.165) is 0 Å². The zero-order valence-electron chi connectivity index (χ0n) is 13.3. The molecular formula is C12H20ClF3N6O2. The molecule has 0 aliphatic rings. The van der Waals surface area contributed by atoms with E-state index in [2.05, 4.69) is 19.9 Å². The van der Waals surface area contributed by atoms with Crippen LogP contribution in [0.3, 0.4) is 0 Å². The third-order valence-corrected chi connectivity index (χ3v) is 3.19. The molecule has 1 rings (SSSR count). The van der Waals surface area contributed by atoms with Crippen molar-refractivity contribution in [2.75, 3.05) is 57.6 Å². The van der Waals surface area contributed by atoms with Gasteiger partial charge in [-0.25, -0.2) is 0 Å². The number of nitrogens with two attached hydrogens (primary N) is 1. The van der Waals surface area contributed by atoms with Crippen molar-refractivity contribution < 1.29 is 23.0 Å². The summed E-state index contributed by atoms with van der Waals surface area (Å²) in [5, 5.41) is 17.1. The fraction of sp³-hybridized carbons (Fsp3) is 0.750. The van der Waals surface area contributed by atoms with E-state index >= 15 is 0 Å². The molecule has 0 fully saturated rings. The Morgan fingerprint density at radius 1 is 1.29 bits per heavy atom. The van der Waals surface area contributed by atoms with Crippen LogP contribution in [0.2, 0.25) is 5.15 Å². The summed E-state index contributed by atoms with van der Waals surface area (Å²) in [6.07, 6.45) is -5.42. The monoisotopic (exact) mass is 372 g/mol. The second-order valence-corrected chi connectivity index (χ2v) is 5.61. The smallest absolute Gasteiger partial charge is 0.389 e. The van der Waals surface area contributed by atoms with Crippen molar-refractivity contribution in [3.63, 3.8) is 0 Å². The quantitative estimate of drug-likeness (QED) is 0.643. The number of aliphatic hydroxyl groups is 1. The van der Waals surface area contributed by atoms with Crippen LogP contribution in [-0.2, 0) is 4.74 Å². The maximum absolute atomic E-state index is 11.9. The summed E-state index contributed by atoms with van der Waals surface area (Å²) in [6, 6.07) is 0. The highest BCUT2D eigenvalue weighted by Gasteiger charge is 2.27. The van der Waals surface area contributed by atoms with Crippen molar-refractivity contribution in [1.82, 2.24) is 20.1 Å². The number of halogens is 4. The SMILES string of the molecule is CN(CCN(C)c1nnc(Cl)c(N)n1)C[C@@H](O)COCC(F)(F)F. The van der Waals surface area contributed by atoms with Gasteiger partial charge in [-0.05, 0) is 7.05 Å². The summed E-state index contributed by atoms with van der Waals surface area (Å²) in [5.41, 5.74) is 5.55. The first-order chi connectivity index (χ1) is 11.1. The van der Waals surface area contributed by atoms with Crippen LogP contribution in [0.1, 0.15) is 0 Å². The molecule has 0 spiro atoms. The Bertz CT molecular complexity index is 522. The van der Waals surface area contributed by atoms with E-state index in [0.29, 0.717) is 19.0 Å². The normalized spacial score (nSPS) is 13.3. The Morgan fingerprint density at radius 3 is 2.54 bits per heavy atom. The van der Waals surface area contributed by atoms with E-state index in [-0.39, 0.29) is 24.1 Å². The zero-order chi connectivity index (χ0) is 18.3. The molecule has 0 amide bonds. The second-order valence-electron chi connectivity index (χ2n) is 5.26. The summed E-state index contributed by atoms with van der Waals surface area (Å²) >= 11 is 5.64. The topological polar surface area (TPSA) is 101 Å². The summed E-state index contributed by atoms with van der Waals surface area (Å²) in [4.78, 5) is 7.40. The molecule has 0 aliphatic carbocycles. The van der Waals surface area contributed by atoms with Crippen molar-refractivity contribution in [2.24, 2.45) is 0 Å².